The molecule has 0 atom stereocenters. The predicted molar refractivity (Wildman–Crippen MR) is 79.7 cm³/mol. The molecule has 0 aliphatic carbocycles. The van der Waals surface area contributed by atoms with Crippen LogP contribution in [0.3, 0.4) is 0 Å². The summed E-state index contributed by atoms with van der Waals surface area (Å²) >= 11 is 3.23. The number of imidazole rings is 1. The Hall–Kier alpha value is -1.60. The molecule has 3 aromatic rings. The van der Waals surface area contributed by atoms with Crippen molar-refractivity contribution >= 4 is 39.3 Å². The van der Waals surface area contributed by atoms with Crippen LogP contribution in [0, 0.1) is 0 Å². The average molecular weight is 291 g/mol. The number of hydrogen-bond acceptors (Lipinski definition) is 6. The molecule has 0 aliphatic heterocycles. The van der Waals surface area contributed by atoms with E-state index in [1.165, 1.54) is 0 Å². The van der Waals surface area contributed by atoms with Crippen molar-refractivity contribution in [1.82, 2.24) is 20.2 Å². The molecule has 7 heteroatoms. The van der Waals surface area contributed by atoms with E-state index in [0.29, 0.717) is 0 Å². The minimum absolute atomic E-state index is 0.781. The molecule has 5 nitrogen and oxygen atoms in total. The van der Waals surface area contributed by atoms with Crippen molar-refractivity contribution in [3.05, 3.63) is 29.3 Å². The SMILES string of the molecule is CCNc1nnc(CSc2nc3ccccc3[nH]2)s1. The maximum Gasteiger partial charge on any atom is 0.205 e. The van der Waals surface area contributed by atoms with E-state index in [2.05, 4.69) is 25.5 Å². The van der Waals surface area contributed by atoms with Gasteiger partial charge in [-0.1, -0.05) is 35.2 Å². The van der Waals surface area contributed by atoms with Crippen LogP contribution >= 0.6 is 23.1 Å². The van der Waals surface area contributed by atoms with E-state index in [1.54, 1.807) is 23.1 Å². The molecule has 2 aromatic heterocycles. The fraction of sp³-hybridized carbons (Fsp3) is 0.250. The van der Waals surface area contributed by atoms with E-state index in [0.717, 1.165) is 38.6 Å². The second-order valence-corrected chi connectivity index (χ2v) is 5.91. The molecular formula is C12H13N5S2. The van der Waals surface area contributed by atoms with Crippen LogP contribution in [0.1, 0.15) is 11.9 Å². The van der Waals surface area contributed by atoms with Crippen molar-refractivity contribution in [2.75, 3.05) is 11.9 Å². The first-order valence-electron chi connectivity index (χ1n) is 5.99. The van der Waals surface area contributed by atoms with Crippen LogP contribution in [0.2, 0.25) is 0 Å². The van der Waals surface area contributed by atoms with Gasteiger partial charge in [0, 0.05) is 6.54 Å². The fourth-order valence-corrected chi connectivity index (χ4v) is 3.34. The Morgan fingerprint density at radius 3 is 3.05 bits per heavy atom. The number of benzene rings is 1. The van der Waals surface area contributed by atoms with Gasteiger partial charge in [0.15, 0.2) is 5.16 Å². The molecule has 0 amide bonds. The molecular weight excluding hydrogens is 278 g/mol. The predicted octanol–water partition coefficient (Wildman–Crippen LogP) is 3.14. The molecule has 3 rings (SSSR count). The first kappa shape index (κ1) is 12.4. The summed E-state index contributed by atoms with van der Waals surface area (Å²) in [7, 11) is 0. The zero-order valence-corrected chi connectivity index (χ0v) is 12.0. The number of para-hydroxylation sites is 2. The quantitative estimate of drug-likeness (QED) is 0.707. The highest BCUT2D eigenvalue weighted by molar-refractivity contribution is 7.98. The van der Waals surface area contributed by atoms with Crippen molar-refractivity contribution < 1.29 is 0 Å². The van der Waals surface area contributed by atoms with Gasteiger partial charge < -0.3 is 10.3 Å². The van der Waals surface area contributed by atoms with Gasteiger partial charge in [-0.25, -0.2) is 4.98 Å². The summed E-state index contributed by atoms with van der Waals surface area (Å²) in [6.45, 7) is 2.91. The summed E-state index contributed by atoms with van der Waals surface area (Å²) in [6, 6.07) is 8.03. The summed E-state index contributed by atoms with van der Waals surface area (Å²) in [4.78, 5) is 7.81. The lowest BCUT2D eigenvalue weighted by atomic mass is 10.3. The lowest BCUT2D eigenvalue weighted by molar-refractivity contribution is 1.02. The number of anilines is 1. The molecule has 0 unspecified atom stereocenters. The van der Waals surface area contributed by atoms with Crippen LogP contribution in [-0.2, 0) is 5.75 Å². The Morgan fingerprint density at radius 2 is 2.21 bits per heavy atom. The van der Waals surface area contributed by atoms with Gasteiger partial charge in [0.2, 0.25) is 5.13 Å². The molecule has 0 aliphatic rings. The van der Waals surface area contributed by atoms with E-state index in [9.17, 15) is 0 Å². The second kappa shape index (κ2) is 5.58. The first-order valence-corrected chi connectivity index (χ1v) is 7.79. The minimum Gasteiger partial charge on any atom is -0.360 e. The highest BCUT2D eigenvalue weighted by atomic mass is 32.2. The monoisotopic (exact) mass is 291 g/mol. The number of nitrogens with zero attached hydrogens (tertiary/aromatic N) is 3. The van der Waals surface area contributed by atoms with Crippen LogP contribution in [0.25, 0.3) is 11.0 Å². The molecule has 0 bridgehead atoms. The number of rotatable bonds is 5. The van der Waals surface area contributed by atoms with Gasteiger partial charge in [0.1, 0.15) is 5.01 Å². The largest absolute Gasteiger partial charge is 0.360 e. The van der Waals surface area contributed by atoms with E-state index >= 15 is 0 Å². The molecule has 0 spiro atoms. The van der Waals surface area contributed by atoms with Gasteiger partial charge in [-0.3, -0.25) is 0 Å². The summed E-state index contributed by atoms with van der Waals surface area (Å²) in [5, 5.41) is 14.2. The van der Waals surface area contributed by atoms with E-state index in [-0.39, 0.29) is 0 Å². The molecule has 98 valence electrons. The van der Waals surface area contributed by atoms with Gasteiger partial charge in [-0.15, -0.1) is 10.2 Å². The Morgan fingerprint density at radius 1 is 1.32 bits per heavy atom. The Kier molecular flexibility index (Phi) is 3.65. The molecule has 2 heterocycles. The van der Waals surface area contributed by atoms with Crippen molar-refractivity contribution in [3.63, 3.8) is 0 Å². The number of hydrogen-bond donors (Lipinski definition) is 2. The maximum absolute atomic E-state index is 4.52. The fourth-order valence-electron chi connectivity index (χ4n) is 1.66. The van der Waals surface area contributed by atoms with Crippen molar-refractivity contribution in [1.29, 1.82) is 0 Å². The number of nitrogens with one attached hydrogen (secondary N) is 2. The normalized spacial score (nSPS) is 11.0. The van der Waals surface area contributed by atoms with Gasteiger partial charge in [-0.05, 0) is 19.1 Å². The molecule has 0 radical (unpaired) electrons. The van der Waals surface area contributed by atoms with Crippen LogP contribution in [0.15, 0.2) is 29.4 Å². The zero-order chi connectivity index (χ0) is 13.1. The first-order chi connectivity index (χ1) is 9.35. The summed E-state index contributed by atoms with van der Waals surface area (Å²) in [6.07, 6.45) is 0. The number of aromatic nitrogens is 4. The van der Waals surface area contributed by atoms with Crippen LogP contribution in [0.4, 0.5) is 5.13 Å². The van der Waals surface area contributed by atoms with Crippen LogP contribution in [-0.4, -0.2) is 26.7 Å². The highest BCUT2D eigenvalue weighted by Crippen LogP contribution is 2.25. The molecule has 2 N–H and O–H groups in total. The highest BCUT2D eigenvalue weighted by Gasteiger charge is 2.06. The second-order valence-electron chi connectivity index (χ2n) is 3.88. The minimum atomic E-state index is 0.781. The third kappa shape index (κ3) is 2.87. The van der Waals surface area contributed by atoms with Gasteiger partial charge in [0.05, 0.1) is 16.8 Å². The van der Waals surface area contributed by atoms with Crippen molar-refractivity contribution in [3.8, 4) is 0 Å². The Balaban J connectivity index is 1.67. The van der Waals surface area contributed by atoms with Gasteiger partial charge in [0.25, 0.3) is 0 Å². The summed E-state index contributed by atoms with van der Waals surface area (Å²) in [5.74, 6) is 0.781. The number of thioether (sulfide) groups is 1. The van der Waals surface area contributed by atoms with Crippen molar-refractivity contribution in [2.45, 2.75) is 17.8 Å². The number of aromatic amines is 1. The third-order valence-electron chi connectivity index (χ3n) is 2.49. The standard InChI is InChI=1S/C12H13N5S2/c1-2-13-11-17-16-10(19-11)7-18-12-14-8-5-3-4-6-9(8)15-12/h3-6H,2,7H2,1H3,(H,13,17)(H,14,15). The topological polar surface area (TPSA) is 66.5 Å². The number of fused-ring (bicyclic) bond motifs is 1. The molecule has 0 saturated carbocycles. The smallest absolute Gasteiger partial charge is 0.205 e. The van der Waals surface area contributed by atoms with Gasteiger partial charge in [-0.2, -0.15) is 0 Å². The Bertz CT molecular complexity index is 642. The maximum atomic E-state index is 4.52. The van der Waals surface area contributed by atoms with Gasteiger partial charge >= 0.3 is 0 Å². The molecule has 0 saturated heterocycles. The van der Waals surface area contributed by atoms with Crippen LogP contribution < -0.4 is 5.32 Å². The molecule has 1 aromatic carbocycles. The van der Waals surface area contributed by atoms with E-state index < -0.39 is 0 Å². The van der Waals surface area contributed by atoms with E-state index in [1.807, 2.05) is 31.2 Å². The lowest BCUT2D eigenvalue weighted by Crippen LogP contribution is -1.94. The zero-order valence-electron chi connectivity index (χ0n) is 10.4. The Labute approximate surface area is 118 Å². The molecule has 19 heavy (non-hydrogen) atoms. The van der Waals surface area contributed by atoms with E-state index in [4.69, 9.17) is 0 Å². The lowest BCUT2D eigenvalue weighted by Gasteiger charge is -1.93. The molecule has 0 fully saturated rings. The van der Waals surface area contributed by atoms with Crippen LogP contribution in [0.5, 0.6) is 0 Å². The average Bonchev–Trinajstić information content (AvgIpc) is 3.02. The number of H-pyrrole nitrogens is 1. The third-order valence-corrected chi connectivity index (χ3v) is 4.44. The summed E-state index contributed by atoms with van der Waals surface area (Å²) < 4.78 is 0. The summed E-state index contributed by atoms with van der Waals surface area (Å²) in [5.41, 5.74) is 2.06. The van der Waals surface area contributed by atoms with Crippen molar-refractivity contribution in [2.24, 2.45) is 0 Å².